The third kappa shape index (κ3) is 42.6. The van der Waals surface area contributed by atoms with Gasteiger partial charge in [-0.1, -0.05) is 223 Å². The number of benzene rings is 1. The van der Waals surface area contributed by atoms with Crippen molar-refractivity contribution in [2.24, 2.45) is 0 Å². The predicted molar refractivity (Wildman–Crippen MR) is 262 cm³/mol. The van der Waals surface area contributed by atoms with E-state index in [-0.39, 0.29) is 19.2 Å². The Kier molecular flexibility index (Phi) is 40.1. The summed E-state index contributed by atoms with van der Waals surface area (Å²) in [5.74, 6) is -0.0778. The molecule has 1 aromatic carbocycles. The summed E-state index contributed by atoms with van der Waals surface area (Å²) in [6.45, 7) is 5.72. The van der Waals surface area contributed by atoms with Gasteiger partial charge in [-0.15, -0.1) is 0 Å². The van der Waals surface area contributed by atoms with Crippen molar-refractivity contribution in [2.45, 2.75) is 232 Å². The highest BCUT2D eigenvalue weighted by molar-refractivity contribution is 7.47. The van der Waals surface area contributed by atoms with Crippen molar-refractivity contribution in [1.29, 1.82) is 0 Å². The number of quaternary nitrogens is 1. The van der Waals surface area contributed by atoms with Gasteiger partial charge in [-0.2, -0.15) is 0 Å². The van der Waals surface area contributed by atoms with Crippen LogP contribution in [0.4, 0.5) is 0 Å². The molecule has 0 bridgehead atoms. The van der Waals surface area contributed by atoms with Gasteiger partial charge in [-0.25, -0.2) is 4.57 Å². The lowest BCUT2D eigenvalue weighted by molar-refractivity contribution is -0.870. The van der Waals surface area contributed by atoms with E-state index in [1.165, 1.54) is 173 Å². The average Bonchev–Trinajstić information content (AvgIpc) is 3.24. The van der Waals surface area contributed by atoms with Crippen molar-refractivity contribution in [2.75, 3.05) is 60.6 Å². The van der Waals surface area contributed by atoms with Crippen LogP contribution in [0, 0.1) is 0 Å². The van der Waals surface area contributed by atoms with E-state index in [1.54, 1.807) is 0 Å². The molecule has 0 radical (unpaired) electrons. The normalized spacial score (nSPS) is 13.4. The number of hydrogen-bond donors (Lipinski definition) is 2. The number of phosphoric acid groups is 1. The predicted octanol–water partition coefficient (Wildman–Crippen LogP) is 14.4. The van der Waals surface area contributed by atoms with E-state index >= 15 is 0 Å². The number of ether oxygens (including phenoxy) is 2. The van der Waals surface area contributed by atoms with Crippen molar-refractivity contribution in [3.8, 4) is 0 Å². The molecule has 62 heavy (non-hydrogen) atoms. The second-order valence-electron chi connectivity index (χ2n) is 19.2. The van der Waals surface area contributed by atoms with E-state index in [4.69, 9.17) is 18.5 Å². The molecule has 9 nitrogen and oxygen atoms in total. The molecular formula is C52H100N2O7P+. The summed E-state index contributed by atoms with van der Waals surface area (Å²) < 4.78 is 35.7. The summed E-state index contributed by atoms with van der Waals surface area (Å²) in [4.78, 5) is 22.4. The molecule has 1 rings (SSSR count). The van der Waals surface area contributed by atoms with Crippen LogP contribution in [0.25, 0.3) is 0 Å². The molecule has 0 fully saturated rings. The zero-order valence-corrected chi connectivity index (χ0v) is 41.9. The smallest absolute Gasteiger partial charge is 0.461 e. The van der Waals surface area contributed by atoms with Crippen LogP contribution in [0.2, 0.25) is 0 Å². The minimum absolute atomic E-state index is 0.0778. The first kappa shape index (κ1) is 58.7. The topological polar surface area (TPSA) is 103 Å². The first-order chi connectivity index (χ1) is 30.1. The molecule has 2 atom stereocenters. The number of nitrogens with one attached hydrogen (secondary N) is 1. The maximum absolute atomic E-state index is 12.8. The van der Waals surface area contributed by atoms with Gasteiger partial charge in [0.2, 0.25) is 0 Å². The maximum atomic E-state index is 12.8. The largest absolute Gasteiger partial charge is 0.472 e. The van der Waals surface area contributed by atoms with Crippen LogP contribution in [0.1, 0.15) is 224 Å². The van der Waals surface area contributed by atoms with Gasteiger partial charge < -0.3 is 24.2 Å². The van der Waals surface area contributed by atoms with E-state index in [2.05, 4.69) is 12.2 Å². The Bertz CT molecular complexity index is 1150. The van der Waals surface area contributed by atoms with Gasteiger partial charge in [-0.05, 0) is 31.4 Å². The van der Waals surface area contributed by atoms with Crippen molar-refractivity contribution in [3.05, 3.63) is 35.9 Å². The number of rotatable bonds is 48. The molecule has 0 saturated heterocycles. The molecule has 0 heterocycles. The molecule has 0 aromatic heterocycles. The number of hydrogen-bond acceptors (Lipinski definition) is 7. The lowest BCUT2D eigenvalue weighted by Crippen LogP contribution is -2.37. The summed E-state index contributed by atoms with van der Waals surface area (Å²) >= 11 is 0. The molecule has 364 valence electrons. The van der Waals surface area contributed by atoms with E-state index in [0.717, 1.165) is 44.2 Å². The van der Waals surface area contributed by atoms with Gasteiger partial charge in [0.15, 0.2) is 0 Å². The van der Waals surface area contributed by atoms with E-state index < -0.39 is 13.9 Å². The number of esters is 1. The van der Waals surface area contributed by atoms with E-state index in [9.17, 15) is 14.3 Å². The highest BCUT2D eigenvalue weighted by Crippen LogP contribution is 2.44. The van der Waals surface area contributed by atoms with Crippen molar-refractivity contribution in [1.82, 2.24) is 5.32 Å². The van der Waals surface area contributed by atoms with Crippen LogP contribution in [-0.2, 0) is 34.5 Å². The van der Waals surface area contributed by atoms with Crippen LogP contribution in [0.15, 0.2) is 30.3 Å². The highest BCUT2D eigenvalue weighted by Gasteiger charge is 2.27. The molecule has 0 amide bonds. The quantitative estimate of drug-likeness (QED) is 0.0289. The molecule has 2 unspecified atom stereocenters. The fraction of sp³-hybridized carbons (Fsp3) is 0.865. The number of unbranched alkanes of at least 4 members (excludes halogenated alkanes) is 30. The Morgan fingerprint density at radius 1 is 0.613 bits per heavy atom. The standard InChI is InChI=1S/C52H99N2O7P/c1-5-6-7-8-9-10-11-12-21-24-27-30-33-39-45-58-49-51(61-62(56,57)60-46-44-54(2,3)4)47-53-43-38-32-29-26-23-20-18-16-14-13-15-17-19-22-25-28-31-37-42-52(55)59-48-50-40-35-34-36-41-50/h34-36,40-41,51,53H,5-33,37-39,42-49H2,1-4H3/p+1. The van der Waals surface area contributed by atoms with Gasteiger partial charge in [0, 0.05) is 19.6 Å². The Morgan fingerprint density at radius 2 is 1.05 bits per heavy atom. The third-order valence-electron chi connectivity index (χ3n) is 11.8. The third-order valence-corrected chi connectivity index (χ3v) is 12.9. The Morgan fingerprint density at radius 3 is 1.52 bits per heavy atom. The fourth-order valence-electron chi connectivity index (χ4n) is 7.81. The van der Waals surface area contributed by atoms with Crippen molar-refractivity contribution < 1.29 is 37.3 Å². The molecule has 2 N–H and O–H groups in total. The second-order valence-corrected chi connectivity index (χ2v) is 20.6. The van der Waals surface area contributed by atoms with Crippen molar-refractivity contribution >= 4 is 13.8 Å². The SMILES string of the molecule is CCCCCCCCCCCCCCCCOCC(CNCCCCCCCCCCCCCCCCCCCCC(=O)OCc1ccccc1)OP(=O)(O)OCC[N+](C)(C)C. The molecule has 1 aromatic rings. The molecule has 10 heteroatoms. The fourth-order valence-corrected chi connectivity index (χ4v) is 8.70. The van der Waals surface area contributed by atoms with E-state index in [0.29, 0.717) is 37.2 Å². The van der Waals surface area contributed by atoms with Crippen molar-refractivity contribution in [3.63, 3.8) is 0 Å². The molecule has 0 aliphatic carbocycles. The first-order valence-electron chi connectivity index (χ1n) is 26.1. The molecule has 0 spiro atoms. The molecule has 0 saturated carbocycles. The molecule has 0 aliphatic heterocycles. The number of likely N-dealkylation sites (N-methyl/N-ethyl adjacent to an activating group) is 1. The minimum Gasteiger partial charge on any atom is -0.461 e. The van der Waals surface area contributed by atoms with Gasteiger partial charge >= 0.3 is 13.8 Å². The Labute approximate surface area is 383 Å². The van der Waals surface area contributed by atoms with Crippen LogP contribution in [-0.4, -0.2) is 82.0 Å². The summed E-state index contributed by atoms with van der Waals surface area (Å²) in [5, 5.41) is 3.45. The highest BCUT2D eigenvalue weighted by atomic mass is 31.2. The number of carbonyl (C=O) groups excluding carboxylic acids is 1. The first-order valence-corrected chi connectivity index (χ1v) is 27.5. The van der Waals surface area contributed by atoms with Crippen LogP contribution >= 0.6 is 7.82 Å². The summed E-state index contributed by atoms with van der Waals surface area (Å²) in [7, 11) is 1.91. The zero-order valence-electron chi connectivity index (χ0n) is 41.0. The van der Waals surface area contributed by atoms with Crippen LogP contribution in [0.5, 0.6) is 0 Å². The monoisotopic (exact) mass is 896 g/mol. The molecule has 0 aliphatic rings. The average molecular weight is 896 g/mol. The molecular weight excluding hydrogens is 796 g/mol. The Balaban J connectivity index is 2.00. The lowest BCUT2D eigenvalue weighted by atomic mass is 10.0. The van der Waals surface area contributed by atoms with Gasteiger partial charge in [0.25, 0.3) is 0 Å². The van der Waals surface area contributed by atoms with Gasteiger partial charge in [0.1, 0.15) is 25.9 Å². The maximum Gasteiger partial charge on any atom is 0.472 e. The Hall–Kier alpha value is -1.32. The second kappa shape index (κ2) is 42.3. The minimum atomic E-state index is -4.17. The van der Waals surface area contributed by atoms with Crippen LogP contribution < -0.4 is 5.32 Å². The van der Waals surface area contributed by atoms with E-state index in [1.807, 2.05) is 51.5 Å². The lowest BCUT2D eigenvalue weighted by Gasteiger charge is -2.25. The summed E-state index contributed by atoms with van der Waals surface area (Å²) in [6, 6.07) is 9.88. The number of nitrogens with zero attached hydrogens (tertiary/aromatic N) is 1. The van der Waals surface area contributed by atoms with Gasteiger partial charge in [0.05, 0.1) is 27.7 Å². The summed E-state index contributed by atoms with van der Waals surface area (Å²) in [5.41, 5.74) is 1.04. The van der Waals surface area contributed by atoms with Crippen LogP contribution in [0.3, 0.4) is 0 Å². The van der Waals surface area contributed by atoms with Gasteiger partial charge in [-0.3, -0.25) is 13.8 Å². The number of carbonyl (C=O) groups is 1. The zero-order chi connectivity index (χ0) is 45.1. The summed E-state index contributed by atoms with van der Waals surface area (Å²) in [6.07, 6.45) is 41.5. The number of phosphoric ester groups is 1.